The summed E-state index contributed by atoms with van der Waals surface area (Å²) in [6.07, 6.45) is 0.728. The quantitative estimate of drug-likeness (QED) is 0.420. The van der Waals surface area contributed by atoms with Gasteiger partial charge in [-0.15, -0.1) is 11.3 Å². The van der Waals surface area contributed by atoms with Gasteiger partial charge in [-0.3, -0.25) is 0 Å². The number of benzene rings is 2. The van der Waals surface area contributed by atoms with Gasteiger partial charge < -0.3 is 5.73 Å². The van der Waals surface area contributed by atoms with Crippen molar-refractivity contribution >= 4 is 22.3 Å². The van der Waals surface area contributed by atoms with E-state index in [1.165, 1.54) is 23.0 Å². The van der Waals surface area contributed by atoms with Gasteiger partial charge >= 0.3 is 0 Å². The number of hydrogen-bond donors (Lipinski definition) is 1. The van der Waals surface area contributed by atoms with Crippen LogP contribution in [0.5, 0.6) is 0 Å². The number of amidine groups is 1. The molecule has 2 N–H and O–H groups in total. The van der Waals surface area contributed by atoms with Crippen LogP contribution in [0.25, 0.3) is 22.4 Å². The van der Waals surface area contributed by atoms with Gasteiger partial charge in [0, 0.05) is 16.5 Å². The van der Waals surface area contributed by atoms with Gasteiger partial charge in [0.1, 0.15) is 5.82 Å². The minimum atomic E-state index is -0.173. The number of aryl methyl sites for hydroxylation is 1. The Hall–Kier alpha value is -2.53. The summed E-state index contributed by atoms with van der Waals surface area (Å²) in [5.74, 6) is 0.302. The molecule has 1 aliphatic carbocycles. The summed E-state index contributed by atoms with van der Waals surface area (Å²) in [5.41, 5.74) is 12.4. The molecule has 1 aromatic heterocycles. The van der Waals surface area contributed by atoms with Crippen LogP contribution >= 0.6 is 11.3 Å². The van der Waals surface area contributed by atoms with E-state index in [9.17, 15) is 4.39 Å². The Morgan fingerprint density at radius 1 is 1.25 bits per heavy atom. The molecule has 0 radical (unpaired) electrons. The van der Waals surface area contributed by atoms with Crippen molar-refractivity contribution < 1.29 is 4.39 Å². The number of nitrogens with zero attached hydrogens (tertiary/aromatic N) is 2. The monoisotopic (exact) mass is 337 g/mol. The number of rotatable bonds is 2. The number of nitrogens with two attached hydrogens (primary N) is 1. The molecule has 4 rings (SSSR count). The van der Waals surface area contributed by atoms with Crippen molar-refractivity contribution in [2.75, 3.05) is 0 Å². The molecule has 0 saturated carbocycles. The van der Waals surface area contributed by atoms with Gasteiger partial charge in [-0.1, -0.05) is 18.2 Å². The molecule has 0 spiro atoms. The number of thiazole rings is 1. The molecule has 0 bridgehead atoms. The molecule has 3 aromatic rings. The van der Waals surface area contributed by atoms with Crippen LogP contribution in [-0.4, -0.2) is 10.8 Å². The molecule has 120 valence electrons. The first-order valence-corrected chi connectivity index (χ1v) is 8.59. The number of halogens is 1. The summed E-state index contributed by atoms with van der Waals surface area (Å²) < 4.78 is 14.6. The highest BCUT2D eigenvalue weighted by molar-refractivity contribution is 7.13. The van der Waals surface area contributed by atoms with Crippen molar-refractivity contribution in [2.45, 2.75) is 20.3 Å². The van der Waals surface area contributed by atoms with E-state index < -0.39 is 0 Å². The van der Waals surface area contributed by atoms with Crippen LogP contribution < -0.4 is 5.73 Å². The lowest BCUT2D eigenvalue weighted by Crippen LogP contribution is -2.03. The SMILES string of the molecule is CC(N)=Nc1nc(-c2ccc(F)c3c2Cc2cccc(C)c2-3)cs1. The van der Waals surface area contributed by atoms with E-state index in [4.69, 9.17) is 5.73 Å². The van der Waals surface area contributed by atoms with Crippen LogP contribution in [0.3, 0.4) is 0 Å². The molecule has 0 atom stereocenters. The maximum absolute atomic E-state index is 14.6. The smallest absolute Gasteiger partial charge is 0.211 e. The van der Waals surface area contributed by atoms with Crippen molar-refractivity contribution in [1.82, 2.24) is 4.98 Å². The molecule has 0 fully saturated rings. The topological polar surface area (TPSA) is 51.3 Å². The summed E-state index contributed by atoms with van der Waals surface area (Å²) in [4.78, 5) is 8.74. The van der Waals surface area contributed by atoms with E-state index in [1.54, 1.807) is 6.92 Å². The molecule has 0 amide bonds. The van der Waals surface area contributed by atoms with Gasteiger partial charge in [-0.25, -0.2) is 14.4 Å². The first-order chi connectivity index (χ1) is 11.5. The zero-order valence-electron chi connectivity index (χ0n) is 13.4. The van der Waals surface area contributed by atoms with Crippen LogP contribution in [0.4, 0.5) is 9.52 Å². The fraction of sp³-hybridized carbons (Fsp3) is 0.158. The summed E-state index contributed by atoms with van der Waals surface area (Å²) >= 11 is 1.44. The maximum atomic E-state index is 14.6. The van der Waals surface area contributed by atoms with Crippen LogP contribution in [-0.2, 0) is 6.42 Å². The molecular formula is C19H16FN3S. The highest BCUT2D eigenvalue weighted by Crippen LogP contribution is 2.44. The number of fused-ring (bicyclic) bond motifs is 3. The fourth-order valence-electron chi connectivity index (χ4n) is 3.33. The van der Waals surface area contributed by atoms with Crippen molar-refractivity contribution in [3.63, 3.8) is 0 Å². The van der Waals surface area contributed by atoms with Gasteiger partial charge in [0.15, 0.2) is 0 Å². The lowest BCUT2D eigenvalue weighted by molar-refractivity contribution is 0.631. The average molecular weight is 337 g/mol. The Balaban J connectivity index is 1.89. The van der Waals surface area contributed by atoms with E-state index in [2.05, 4.69) is 16.0 Å². The Morgan fingerprint density at radius 3 is 2.88 bits per heavy atom. The zero-order chi connectivity index (χ0) is 16.8. The largest absolute Gasteiger partial charge is 0.387 e. The summed E-state index contributed by atoms with van der Waals surface area (Å²) in [6, 6.07) is 9.47. The van der Waals surface area contributed by atoms with Gasteiger partial charge in [0.2, 0.25) is 5.13 Å². The lowest BCUT2D eigenvalue weighted by Gasteiger charge is -2.09. The summed E-state index contributed by atoms with van der Waals surface area (Å²) in [5, 5.41) is 2.57. The van der Waals surface area contributed by atoms with Crippen molar-refractivity contribution in [3.8, 4) is 22.4 Å². The minimum Gasteiger partial charge on any atom is -0.387 e. The number of hydrogen-bond acceptors (Lipinski definition) is 3. The lowest BCUT2D eigenvalue weighted by atomic mass is 9.97. The average Bonchev–Trinajstić information content (AvgIpc) is 3.12. The van der Waals surface area contributed by atoms with E-state index in [0.717, 1.165) is 34.4 Å². The third-order valence-electron chi connectivity index (χ3n) is 4.28. The second-order valence-electron chi connectivity index (χ2n) is 6.00. The third-order valence-corrected chi connectivity index (χ3v) is 5.01. The predicted molar refractivity (Wildman–Crippen MR) is 97.4 cm³/mol. The van der Waals surface area contributed by atoms with Gasteiger partial charge in [-0.05, 0) is 54.7 Å². The highest BCUT2D eigenvalue weighted by Gasteiger charge is 2.26. The predicted octanol–water partition coefficient (Wildman–Crippen LogP) is 4.84. The number of aromatic nitrogens is 1. The number of aliphatic imine (C=N–C) groups is 1. The Kier molecular flexibility index (Phi) is 3.46. The molecule has 0 saturated heterocycles. The van der Waals surface area contributed by atoms with Crippen LogP contribution in [0.1, 0.15) is 23.6 Å². The molecule has 1 heterocycles. The maximum Gasteiger partial charge on any atom is 0.211 e. The van der Waals surface area contributed by atoms with Crippen LogP contribution in [0, 0.1) is 12.7 Å². The first kappa shape index (κ1) is 15.0. The van der Waals surface area contributed by atoms with Crippen LogP contribution in [0.2, 0.25) is 0 Å². The third kappa shape index (κ3) is 2.32. The van der Waals surface area contributed by atoms with E-state index >= 15 is 0 Å². The van der Waals surface area contributed by atoms with E-state index in [1.807, 2.05) is 30.5 Å². The molecule has 5 heteroatoms. The van der Waals surface area contributed by atoms with Gasteiger partial charge in [0.05, 0.1) is 11.5 Å². The second-order valence-corrected chi connectivity index (χ2v) is 6.84. The minimum absolute atomic E-state index is 0.173. The Morgan fingerprint density at radius 2 is 2.08 bits per heavy atom. The highest BCUT2D eigenvalue weighted by atomic mass is 32.1. The molecule has 2 aromatic carbocycles. The van der Waals surface area contributed by atoms with E-state index in [-0.39, 0.29) is 5.82 Å². The zero-order valence-corrected chi connectivity index (χ0v) is 14.2. The summed E-state index contributed by atoms with van der Waals surface area (Å²) in [6.45, 7) is 3.76. The molecule has 0 aliphatic heterocycles. The Bertz CT molecular complexity index is 984. The van der Waals surface area contributed by atoms with E-state index in [0.29, 0.717) is 16.5 Å². The van der Waals surface area contributed by atoms with Gasteiger partial charge in [0.25, 0.3) is 0 Å². The normalized spacial score (nSPS) is 13.0. The summed E-state index contributed by atoms with van der Waals surface area (Å²) in [7, 11) is 0. The molecule has 3 nitrogen and oxygen atoms in total. The molecule has 0 unspecified atom stereocenters. The van der Waals surface area contributed by atoms with Crippen molar-refractivity contribution in [1.29, 1.82) is 0 Å². The van der Waals surface area contributed by atoms with Crippen molar-refractivity contribution in [2.24, 2.45) is 10.7 Å². The van der Waals surface area contributed by atoms with Crippen LogP contribution in [0.15, 0.2) is 40.7 Å². The van der Waals surface area contributed by atoms with Crippen molar-refractivity contribution in [3.05, 3.63) is 58.2 Å². The molecule has 24 heavy (non-hydrogen) atoms. The standard InChI is InChI=1S/C19H16FN3S/c1-10-4-3-5-12-8-14-13(6-7-15(20)18(14)17(10)12)16-9-24-19(23-16)22-11(2)21/h3-7,9H,8H2,1-2H3,(H2,21,22,23). The Labute approximate surface area is 143 Å². The molecule has 1 aliphatic rings. The second kappa shape index (κ2) is 5.53. The fourth-order valence-corrected chi connectivity index (χ4v) is 4.07. The molecular weight excluding hydrogens is 321 g/mol. The first-order valence-electron chi connectivity index (χ1n) is 7.71. The van der Waals surface area contributed by atoms with Gasteiger partial charge in [-0.2, -0.15) is 0 Å².